The van der Waals surface area contributed by atoms with Gasteiger partial charge in [-0.05, 0) is 31.4 Å². The summed E-state index contributed by atoms with van der Waals surface area (Å²) in [4.78, 5) is 18.2. The van der Waals surface area contributed by atoms with Gasteiger partial charge >= 0.3 is 0 Å². The monoisotopic (exact) mass is 287 g/mol. The molecule has 0 spiro atoms. The maximum absolute atomic E-state index is 11.9. The highest BCUT2D eigenvalue weighted by molar-refractivity contribution is 5.76. The first-order valence-electron chi connectivity index (χ1n) is 7.70. The van der Waals surface area contributed by atoms with Crippen LogP contribution in [0.1, 0.15) is 32.1 Å². The van der Waals surface area contributed by atoms with Gasteiger partial charge in [0.15, 0.2) is 5.58 Å². The third-order valence-electron chi connectivity index (χ3n) is 3.85. The number of nitrogens with zero attached hydrogens (tertiary/aromatic N) is 2. The van der Waals surface area contributed by atoms with Crippen LogP contribution < -0.4 is 5.32 Å². The minimum Gasteiger partial charge on any atom is -0.424 e. The van der Waals surface area contributed by atoms with Gasteiger partial charge in [0.1, 0.15) is 5.52 Å². The lowest BCUT2D eigenvalue weighted by Crippen LogP contribution is -2.32. The van der Waals surface area contributed by atoms with E-state index in [1.807, 2.05) is 29.2 Å². The fourth-order valence-corrected chi connectivity index (χ4v) is 2.69. The van der Waals surface area contributed by atoms with Gasteiger partial charge in [0.2, 0.25) is 5.91 Å². The maximum atomic E-state index is 11.9. The first kappa shape index (κ1) is 13.9. The molecule has 21 heavy (non-hydrogen) atoms. The van der Waals surface area contributed by atoms with Crippen molar-refractivity contribution in [2.45, 2.75) is 32.1 Å². The molecule has 0 bridgehead atoms. The van der Waals surface area contributed by atoms with Crippen LogP contribution in [0.25, 0.3) is 11.1 Å². The second kappa shape index (κ2) is 6.61. The number of amides is 1. The third-order valence-corrected chi connectivity index (χ3v) is 3.85. The van der Waals surface area contributed by atoms with Crippen molar-refractivity contribution in [3.8, 4) is 0 Å². The van der Waals surface area contributed by atoms with E-state index in [0.717, 1.165) is 50.0 Å². The van der Waals surface area contributed by atoms with Crippen molar-refractivity contribution in [2.75, 3.05) is 25.0 Å². The lowest BCUT2D eigenvalue weighted by molar-refractivity contribution is -0.130. The Balaban J connectivity index is 1.46. The van der Waals surface area contributed by atoms with Crippen molar-refractivity contribution in [3.05, 3.63) is 24.3 Å². The molecule has 112 valence electrons. The van der Waals surface area contributed by atoms with Crippen LogP contribution in [0, 0.1) is 0 Å². The second-order valence-electron chi connectivity index (χ2n) is 5.46. The van der Waals surface area contributed by atoms with Crippen molar-refractivity contribution < 1.29 is 9.21 Å². The molecule has 1 saturated heterocycles. The Morgan fingerprint density at radius 3 is 3.05 bits per heavy atom. The normalized spacial score (nSPS) is 16.2. The van der Waals surface area contributed by atoms with Crippen LogP contribution in [-0.2, 0) is 4.79 Å². The predicted molar refractivity (Wildman–Crippen MR) is 82.2 cm³/mol. The summed E-state index contributed by atoms with van der Waals surface area (Å²) in [5.41, 5.74) is 1.66. The quantitative estimate of drug-likeness (QED) is 0.859. The van der Waals surface area contributed by atoms with Crippen LogP contribution in [0.3, 0.4) is 0 Å². The summed E-state index contributed by atoms with van der Waals surface area (Å²) in [6.07, 6.45) is 4.95. The molecule has 1 fully saturated rings. The average Bonchev–Trinajstić information content (AvgIpc) is 2.80. The SMILES string of the molecule is O=C1CCCCCN1CCCNc1nc2ccccc2o1. The smallest absolute Gasteiger partial charge is 0.295 e. The van der Waals surface area contributed by atoms with Crippen molar-refractivity contribution >= 4 is 23.0 Å². The molecule has 2 aromatic rings. The Morgan fingerprint density at radius 1 is 1.24 bits per heavy atom. The van der Waals surface area contributed by atoms with E-state index in [2.05, 4.69) is 10.3 Å². The summed E-state index contributed by atoms with van der Waals surface area (Å²) in [5.74, 6) is 0.300. The number of fused-ring (bicyclic) bond motifs is 1. The minimum atomic E-state index is 0.300. The number of carbonyl (C=O) groups excluding carboxylic acids is 1. The highest BCUT2D eigenvalue weighted by Gasteiger charge is 2.15. The van der Waals surface area contributed by atoms with Gasteiger partial charge in [-0.15, -0.1) is 0 Å². The molecular formula is C16H21N3O2. The van der Waals surface area contributed by atoms with E-state index in [0.29, 0.717) is 18.3 Å². The topological polar surface area (TPSA) is 58.4 Å². The number of para-hydroxylation sites is 2. The number of benzene rings is 1. The average molecular weight is 287 g/mol. The molecule has 0 radical (unpaired) electrons. The van der Waals surface area contributed by atoms with E-state index in [-0.39, 0.29) is 0 Å². The lowest BCUT2D eigenvalue weighted by Gasteiger charge is -2.20. The summed E-state index contributed by atoms with van der Waals surface area (Å²) < 4.78 is 5.60. The van der Waals surface area contributed by atoms with Crippen LogP contribution in [0.2, 0.25) is 0 Å². The van der Waals surface area contributed by atoms with Gasteiger partial charge in [-0.3, -0.25) is 4.79 Å². The molecular weight excluding hydrogens is 266 g/mol. The van der Waals surface area contributed by atoms with Crippen LogP contribution in [0.15, 0.2) is 28.7 Å². The standard InChI is InChI=1S/C16H21N3O2/c20-15-9-2-1-5-11-19(15)12-6-10-17-16-18-13-7-3-4-8-14(13)21-16/h3-4,7-8H,1-2,5-6,9-12H2,(H,17,18). The Morgan fingerprint density at radius 2 is 2.14 bits per heavy atom. The Kier molecular flexibility index (Phi) is 4.38. The predicted octanol–water partition coefficient (Wildman–Crippen LogP) is 3.03. The first-order chi connectivity index (χ1) is 10.3. The Labute approximate surface area is 124 Å². The van der Waals surface area contributed by atoms with Gasteiger partial charge in [0.25, 0.3) is 6.01 Å². The first-order valence-corrected chi connectivity index (χ1v) is 7.70. The maximum Gasteiger partial charge on any atom is 0.295 e. The number of hydrogen-bond acceptors (Lipinski definition) is 4. The third kappa shape index (κ3) is 3.54. The van der Waals surface area contributed by atoms with Crippen molar-refractivity contribution in [2.24, 2.45) is 0 Å². The fourth-order valence-electron chi connectivity index (χ4n) is 2.69. The largest absolute Gasteiger partial charge is 0.424 e. The number of nitrogens with one attached hydrogen (secondary N) is 1. The van der Waals surface area contributed by atoms with E-state index < -0.39 is 0 Å². The van der Waals surface area contributed by atoms with E-state index in [9.17, 15) is 4.79 Å². The van der Waals surface area contributed by atoms with Gasteiger partial charge in [0, 0.05) is 26.1 Å². The minimum absolute atomic E-state index is 0.300. The number of hydrogen-bond donors (Lipinski definition) is 1. The van der Waals surface area contributed by atoms with Crippen LogP contribution in [0.5, 0.6) is 0 Å². The molecule has 1 N–H and O–H groups in total. The number of carbonyl (C=O) groups is 1. The van der Waals surface area contributed by atoms with Gasteiger partial charge in [-0.1, -0.05) is 18.6 Å². The number of anilines is 1. The molecule has 5 nitrogen and oxygen atoms in total. The molecule has 0 aliphatic carbocycles. The van der Waals surface area contributed by atoms with Crippen molar-refractivity contribution in [1.29, 1.82) is 0 Å². The number of oxazole rings is 1. The summed E-state index contributed by atoms with van der Waals surface area (Å²) in [7, 11) is 0. The van der Waals surface area contributed by atoms with Gasteiger partial charge in [-0.2, -0.15) is 4.98 Å². The zero-order valence-electron chi connectivity index (χ0n) is 12.2. The van der Waals surface area contributed by atoms with Crippen LogP contribution in [0.4, 0.5) is 6.01 Å². The molecule has 1 aromatic carbocycles. The number of rotatable bonds is 5. The van der Waals surface area contributed by atoms with Gasteiger partial charge < -0.3 is 14.6 Å². The van der Waals surface area contributed by atoms with E-state index in [4.69, 9.17) is 4.42 Å². The van der Waals surface area contributed by atoms with Gasteiger partial charge in [-0.25, -0.2) is 0 Å². The van der Waals surface area contributed by atoms with E-state index >= 15 is 0 Å². The van der Waals surface area contributed by atoms with Gasteiger partial charge in [0.05, 0.1) is 0 Å². The van der Waals surface area contributed by atoms with E-state index in [1.165, 1.54) is 6.42 Å². The van der Waals surface area contributed by atoms with Crippen LogP contribution >= 0.6 is 0 Å². The highest BCUT2D eigenvalue weighted by atomic mass is 16.4. The molecule has 3 rings (SSSR count). The molecule has 0 atom stereocenters. The zero-order chi connectivity index (χ0) is 14.5. The Hall–Kier alpha value is -2.04. The Bertz CT molecular complexity index is 575. The second-order valence-corrected chi connectivity index (χ2v) is 5.46. The fraction of sp³-hybridized carbons (Fsp3) is 0.500. The number of aromatic nitrogens is 1. The van der Waals surface area contributed by atoms with Crippen molar-refractivity contribution in [3.63, 3.8) is 0 Å². The summed E-state index contributed by atoms with van der Waals surface area (Å²) in [5, 5.41) is 3.19. The molecule has 1 aliphatic rings. The molecule has 1 aromatic heterocycles. The highest BCUT2D eigenvalue weighted by Crippen LogP contribution is 2.18. The molecule has 0 unspecified atom stereocenters. The molecule has 1 amide bonds. The summed E-state index contributed by atoms with van der Waals surface area (Å²) in [6.45, 7) is 2.48. The van der Waals surface area contributed by atoms with E-state index in [1.54, 1.807) is 0 Å². The summed E-state index contributed by atoms with van der Waals surface area (Å²) >= 11 is 0. The molecule has 2 heterocycles. The molecule has 1 aliphatic heterocycles. The molecule has 0 saturated carbocycles. The number of likely N-dealkylation sites (tertiary alicyclic amines) is 1. The summed E-state index contributed by atoms with van der Waals surface area (Å²) in [6, 6.07) is 8.27. The lowest BCUT2D eigenvalue weighted by atomic mass is 10.2. The van der Waals surface area contributed by atoms with Crippen molar-refractivity contribution in [1.82, 2.24) is 9.88 Å². The zero-order valence-corrected chi connectivity index (χ0v) is 12.2. The molecule has 5 heteroatoms. The van der Waals surface area contributed by atoms with Crippen LogP contribution in [-0.4, -0.2) is 35.4 Å².